The summed E-state index contributed by atoms with van der Waals surface area (Å²) in [6.45, 7) is 1.99. The molecule has 1 amide bonds. The lowest BCUT2D eigenvalue weighted by atomic mass is 10.2. The highest BCUT2D eigenvalue weighted by atomic mass is 32.1. The molecular weight excluding hydrogens is 307 g/mol. The fourth-order valence-electron chi connectivity index (χ4n) is 2.61. The van der Waals surface area contributed by atoms with E-state index >= 15 is 0 Å². The predicted molar refractivity (Wildman–Crippen MR) is 85.6 cm³/mol. The number of nitrogens with zero attached hydrogens (tertiary/aromatic N) is 3. The highest BCUT2D eigenvalue weighted by Gasteiger charge is 2.32. The fourth-order valence-corrected chi connectivity index (χ4v) is 2.89. The van der Waals surface area contributed by atoms with Crippen LogP contribution in [0, 0.1) is 5.82 Å². The van der Waals surface area contributed by atoms with E-state index in [1.165, 1.54) is 11.0 Å². The average Bonchev–Trinajstić information content (AvgIpc) is 3.03. The summed E-state index contributed by atoms with van der Waals surface area (Å²) in [4.78, 5) is 16.8. The molecule has 2 aliphatic heterocycles. The minimum atomic E-state index is -0.501. The van der Waals surface area contributed by atoms with E-state index < -0.39 is 11.9 Å². The number of hydrogen-bond donors (Lipinski definition) is 1. The Balaban J connectivity index is 1.84. The van der Waals surface area contributed by atoms with Crippen molar-refractivity contribution in [3.63, 3.8) is 0 Å². The average molecular weight is 324 g/mol. The number of nitrogens with two attached hydrogens (primary N) is 1. The van der Waals surface area contributed by atoms with Gasteiger partial charge in [-0.1, -0.05) is 0 Å². The van der Waals surface area contributed by atoms with Crippen LogP contribution < -0.4 is 15.5 Å². The first-order valence-electron chi connectivity index (χ1n) is 7.01. The van der Waals surface area contributed by atoms with Crippen molar-refractivity contribution in [1.29, 1.82) is 0 Å². The number of likely N-dealkylation sites (N-methyl/N-ethyl adjacent to an activating group) is 1. The molecule has 0 aromatic heterocycles. The standard InChI is InChI=1S/C14H17FN4O2S/c1-17-4-5-18(13(17)22)12-3-2-9(6-11(12)15)19-8-10(7-16)21-14(19)20/h2-3,6,10H,4-5,7-8,16H2,1H3. The molecule has 0 saturated carbocycles. The Labute approximate surface area is 133 Å². The van der Waals surface area contributed by atoms with Gasteiger partial charge in [-0.2, -0.15) is 0 Å². The third-order valence-electron chi connectivity index (χ3n) is 3.89. The molecule has 1 aromatic carbocycles. The van der Waals surface area contributed by atoms with Crippen LogP contribution in [-0.2, 0) is 4.74 Å². The van der Waals surface area contributed by atoms with Gasteiger partial charge in [0.15, 0.2) is 5.11 Å². The zero-order valence-corrected chi connectivity index (χ0v) is 13.0. The Morgan fingerprint density at radius 2 is 2.18 bits per heavy atom. The lowest BCUT2D eigenvalue weighted by Gasteiger charge is -2.21. The lowest BCUT2D eigenvalue weighted by Crippen LogP contribution is -2.30. The first-order chi connectivity index (χ1) is 10.5. The molecule has 1 atom stereocenters. The van der Waals surface area contributed by atoms with Crippen LogP contribution in [0.3, 0.4) is 0 Å². The maximum atomic E-state index is 14.4. The lowest BCUT2D eigenvalue weighted by molar-refractivity contribution is 0.145. The van der Waals surface area contributed by atoms with Gasteiger partial charge in [0.2, 0.25) is 0 Å². The fraction of sp³-hybridized carbons (Fsp3) is 0.429. The van der Waals surface area contributed by atoms with Crippen molar-refractivity contribution in [2.45, 2.75) is 6.10 Å². The van der Waals surface area contributed by atoms with Gasteiger partial charge in [0, 0.05) is 26.7 Å². The molecule has 2 fully saturated rings. The number of hydrogen-bond acceptors (Lipinski definition) is 4. The third kappa shape index (κ3) is 2.48. The van der Waals surface area contributed by atoms with Crippen molar-refractivity contribution in [2.75, 3.05) is 43.0 Å². The second-order valence-corrected chi connectivity index (χ2v) is 5.71. The highest BCUT2D eigenvalue weighted by molar-refractivity contribution is 7.80. The van der Waals surface area contributed by atoms with Gasteiger partial charge >= 0.3 is 6.09 Å². The minimum Gasteiger partial charge on any atom is -0.443 e. The molecule has 0 radical (unpaired) electrons. The van der Waals surface area contributed by atoms with Crippen LogP contribution in [0.4, 0.5) is 20.6 Å². The normalized spacial score (nSPS) is 21.8. The van der Waals surface area contributed by atoms with Crippen LogP contribution in [0.15, 0.2) is 18.2 Å². The summed E-state index contributed by atoms with van der Waals surface area (Å²) in [6.07, 6.45) is -0.853. The van der Waals surface area contributed by atoms with Gasteiger partial charge < -0.3 is 20.3 Å². The zero-order valence-electron chi connectivity index (χ0n) is 12.2. The highest BCUT2D eigenvalue weighted by Crippen LogP contribution is 2.29. The van der Waals surface area contributed by atoms with E-state index in [0.29, 0.717) is 29.6 Å². The summed E-state index contributed by atoms with van der Waals surface area (Å²) in [5.41, 5.74) is 6.37. The van der Waals surface area contributed by atoms with E-state index in [1.807, 2.05) is 11.9 Å². The van der Waals surface area contributed by atoms with Gasteiger partial charge in [-0.25, -0.2) is 9.18 Å². The van der Waals surface area contributed by atoms with E-state index in [1.54, 1.807) is 17.0 Å². The topological polar surface area (TPSA) is 62.0 Å². The molecule has 2 aliphatic rings. The van der Waals surface area contributed by atoms with Crippen molar-refractivity contribution in [1.82, 2.24) is 4.90 Å². The molecule has 118 valence electrons. The van der Waals surface area contributed by atoms with Crippen LogP contribution in [0.1, 0.15) is 0 Å². The third-order valence-corrected chi connectivity index (χ3v) is 4.42. The van der Waals surface area contributed by atoms with Crippen LogP contribution in [0.2, 0.25) is 0 Å². The van der Waals surface area contributed by atoms with Crippen molar-refractivity contribution in [3.8, 4) is 0 Å². The number of ether oxygens (including phenoxy) is 1. The van der Waals surface area contributed by atoms with Gasteiger partial charge in [-0.3, -0.25) is 4.90 Å². The maximum Gasteiger partial charge on any atom is 0.414 e. The number of carbonyl (C=O) groups excluding carboxylic acids is 1. The molecular formula is C14H17FN4O2S. The zero-order chi connectivity index (χ0) is 15.9. The van der Waals surface area contributed by atoms with Crippen LogP contribution in [-0.4, -0.2) is 55.4 Å². The Morgan fingerprint density at radius 1 is 1.41 bits per heavy atom. The Kier molecular flexibility index (Phi) is 3.88. The minimum absolute atomic E-state index is 0.247. The Morgan fingerprint density at radius 3 is 2.73 bits per heavy atom. The van der Waals surface area contributed by atoms with Gasteiger partial charge in [-0.05, 0) is 30.4 Å². The van der Waals surface area contributed by atoms with E-state index in [0.717, 1.165) is 6.54 Å². The molecule has 8 heteroatoms. The molecule has 0 bridgehead atoms. The summed E-state index contributed by atoms with van der Waals surface area (Å²) < 4.78 is 19.5. The summed E-state index contributed by atoms with van der Waals surface area (Å²) in [7, 11) is 1.88. The van der Waals surface area contributed by atoms with Crippen LogP contribution >= 0.6 is 12.2 Å². The molecule has 2 N–H and O–H groups in total. The second-order valence-electron chi connectivity index (χ2n) is 5.34. The molecule has 0 spiro atoms. The Hall–Kier alpha value is -1.93. The number of halogens is 1. The Bertz CT molecular complexity index is 627. The number of amides is 1. The second kappa shape index (κ2) is 5.69. The summed E-state index contributed by atoms with van der Waals surface area (Å²) >= 11 is 5.28. The molecule has 0 aliphatic carbocycles. The smallest absolute Gasteiger partial charge is 0.414 e. The van der Waals surface area contributed by atoms with E-state index in [4.69, 9.17) is 22.7 Å². The van der Waals surface area contributed by atoms with Crippen molar-refractivity contribution >= 4 is 34.8 Å². The molecule has 1 unspecified atom stereocenters. The van der Waals surface area contributed by atoms with Crippen molar-refractivity contribution in [3.05, 3.63) is 24.0 Å². The largest absolute Gasteiger partial charge is 0.443 e. The van der Waals surface area contributed by atoms with Gasteiger partial charge in [0.1, 0.15) is 11.9 Å². The van der Waals surface area contributed by atoms with Crippen LogP contribution in [0.25, 0.3) is 0 Å². The monoisotopic (exact) mass is 324 g/mol. The summed E-state index contributed by atoms with van der Waals surface area (Å²) in [6, 6.07) is 4.66. The van der Waals surface area contributed by atoms with Crippen molar-refractivity contribution < 1.29 is 13.9 Å². The van der Waals surface area contributed by atoms with E-state index in [-0.39, 0.29) is 12.6 Å². The molecule has 2 saturated heterocycles. The number of thiocarbonyl (C=S) groups is 1. The van der Waals surface area contributed by atoms with E-state index in [2.05, 4.69) is 0 Å². The summed E-state index contributed by atoms with van der Waals surface area (Å²) in [5, 5.41) is 0.593. The molecule has 3 rings (SSSR count). The number of rotatable bonds is 3. The molecule has 6 nitrogen and oxygen atoms in total. The predicted octanol–water partition coefficient (Wildman–Crippen LogP) is 1.15. The molecule has 2 heterocycles. The maximum absolute atomic E-state index is 14.4. The SMILES string of the molecule is CN1CCN(c2ccc(N3CC(CN)OC3=O)cc2F)C1=S. The number of benzene rings is 1. The number of anilines is 2. The van der Waals surface area contributed by atoms with Crippen molar-refractivity contribution in [2.24, 2.45) is 5.73 Å². The molecule has 1 aromatic rings. The van der Waals surface area contributed by atoms with Gasteiger partial charge in [-0.15, -0.1) is 0 Å². The first kappa shape index (κ1) is 15.0. The molecule has 22 heavy (non-hydrogen) atoms. The van der Waals surface area contributed by atoms with E-state index in [9.17, 15) is 9.18 Å². The quantitative estimate of drug-likeness (QED) is 0.842. The number of cyclic esters (lactones) is 1. The van der Waals surface area contributed by atoms with Gasteiger partial charge in [0.25, 0.3) is 0 Å². The summed E-state index contributed by atoms with van der Waals surface area (Å²) in [5.74, 6) is -0.417. The number of carbonyl (C=O) groups is 1. The van der Waals surface area contributed by atoms with Gasteiger partial charge in [0.05, 0.1) is 17.9 Å². The first-order valence-corrected chi connectivity index (χ1v) is 7.42. The van der Waals surface area contributed by atoms with Crippen LogP contribution in [0.5, 0.6) is 0 Å².